The standard InChI is InChI=1S/C24H27NO3/c1-4-27-23(26)14-19-16-25-22-11-10-20(28-13-12-17(2)3)15-21(22)24(19)18-8-6-5-7-9-18/h5-11,15-17H,4,12-14H2,1-3H3. The van der Waals surface area contributed by atoms with Gasteiger partial charge in [0.25, 0.3) is 0 Å². The van der Waals surface area contributed by atoms with Gasteiger partial charge in [-0.2, -0.15) is 0 Å². The molecule has 3 aromatic rings. The Morgan fingerprint density at radius 2 is 1.89 bits per heavy atom. The first-order valence-corrected chi connectivity index (χ1v) is 9.84. The van der Waals surface area contributed by atoms with Crippen LogP contribution < -0.4 is 4.74 Å². The summed E-state index contributed by atoms with van der Waals surface area (Å²) in [6, 6.07) is 16.0. The average Bonchev–Trinajstić information content (AvgIpc) is 2.68. The number of nitrogens with zero attached hydrogens (tertiary/aromatic N) is 1. The molecule has 28 heavy (non-hydrogen) atoms. The second kappa shape index (κ2) is 9.36. The number of aromatic nitrogens is 1. The van der Waals surface area contributed by atoms with Crippen molar-refractivity contribution in [1.29, 1.82) is 0 Å². The van der Waals surface area contributed by atoms with Crippen molar-refractivity contribution in [1.82, 2.24) is 4.98 Å². The number of hydrogen-bond acceptors (Lipinski definition) is 4. The summed E-state index contributed by atoms with van der Waals surface area (Å²) < 4.78 is 11.1. The van der Waals surface area contributed by atoms with Crippen LogP contribution in [0.25, 0.3) is 22.0 Å². The fourth-order valence-corrected chi connectivity index (χ4v) is 3.16. The van der Waals surface area contributed by atoms with Gasteiger partial charge >= 0.3 is 5.97 Å². The van der Waals surface area contributed by atoms with Crippen LogP contribution in [0.3, 0.4) is 0 Å². The lowest BCUT2D eigenvalue weighted by atomic mass is 9.95. The number of esters is 1. The minimum atomic E-state index is -0.245. The number of rotatable bonds is 8. The Morgan fingerprint density at radius 1 is 1.11 bits per heavy atom. The first kappa shape index (κ1) is 19.9. The summed E-state index contributed by atoms with van der Waals surface area (Å²) in [5, 5.41) is 0.982. The van der Waals surface area contributed by atoms with E-state index in [4.69, 9.17) is 9.47 Å². The summed E-state index contributed by atoms with van der Waals surface area (Å²) in [6.07, 6.45) is 2.98. The van der Waals surface area contributed by atoms with E-state index < -0.39 is 0 Å². The molecule has 0 fully saturated rings. The van der Waals surface area contributed by atoms with Gasteiger partial charge in [0.2, 0.25) is 0 Å². The monoisotopic (exact) mass is 377 g/mol. The molecule has 0 atom stereocenters. The number of pyridine rings is 1. The Labute approximate surface area is 166 Å². The molecule has 0 N–H and O–H groups in total. The lowest BCUT2D eigenvalue weighted by Gasteiger charge is -2.14. The van der Waals surface area contributed by atoms with Gasteiger partial charge in [0, 0.05) is 11.6 Å². The second-order valence-corrected chi connectivity index (χ2v) is 7.22. The van der Waals surface area contributed by atoms with E-state index in [-0.39, 0.29) is 12.4 Å². The maximum absolute atomic E-state index is 12.1. The smallest absolute Gasteiger partial charge is 0.310 e. The summed E-state index contributed by atoms with van der Waals surface area (Å²) >= 11 is 0. The Kier molecular flexibility index (Phi) is 6.64. The normalized spacial score (nSPS) is 11.0. The van der Waals surface area contributed by atoms with Gasteiger partial charge in [0.05, 0.1) is 25.2 Å². The lowest BCUT2D eigenvalue weighted by molar-refractivity contribution is -0.142. The van der Waals surface area contributed by atoms with E-state index in [0.29, 0.717) is 19.1 Å². The van der Waals surface area contributed by atoms with Gasteiger partial charge in [-0.25, -0.2) is 0 Å². The first-order chi connectivity index (χ1) is 13.6. The molecule has 0 spiro atoms. The zero-order valence-electron chi connectivity index (χ0n) is 16.8. The van der Waals surface area contributed by atoms with Crippen molar-refractivity contribution in [2.24, 2.45) is 5.92 Å². The van der Waals surface area contributed by atoms with E-state index in [2.05, 4.69) is 31.0 Å². The molecule has 0 aliphatic heterocycles. The molecule has 0 aliphatic rings. The highest BCUT2D eigenvalue weighted by Crippen LogP contribution is 2.33. The third-order valence-electron chi connectivity index (χ3n) is 4.58. The fraction of sp³-hybridized carbons (Fsp3) is 0.333. The molecular formula is C24H27NO3. The summed E-state index contributed by atoms with van der Waals surface area (Å²) in [4.78, 5) is 16.7. The molecule has 0 amide bonds. The number of fused-ring (bicyclic) bond motifs is 1. The molecule has 1 heterocycles. The van der Waals surface area contributed by atoms with Crippen LogP contribution in [0.5, 0.6) is 5.75 Å². The number of ether oxygens (including phenoxy) is 2. The summed E-state index contributed by atoms with van der Waals surface area (Å²) in [7, 11) is 0. The zero-order chi connectivity index (χ0) is 19.9. The quantitative estimate of drug-likeness (QED) is 0.491. The van der Waals surface area contributed by atoms with E-state index in [0.717, 1.165) is 39.8 Å². The van der Waals surface area contributed by atoms with Crippen LogP contribution in [-0.2, 0) is 16.0 Å². The van der Waals surface area contributed by atoms with Crippen LogP contribution in [0, 0.1) is 5.92 Å². The Morgan fingerprint density at radius 3 is 2.61 bits per heavy atom. The molecular weight excluding hydrogens is 350 g/mol. The zero-order valence-corrected chi connectivity index (χ0v) is 16.8. The fourth-order valence-electron chi connectivity index (χ4n) is 3.16. The van der Waals surface area contributed by atoms with Crippen molar-refractivity contribution in [2.75, 3.05) is 13.2 Å². The molecule has 0 saturated heterocycles. The van der Waals surface area contributed by atoms with Gasteiger partial charge < -0.3 is 9.47 Å². The number of carbonyl (C=O) groups excluding carboxylic acids is 1. The van der Waals surface area contributed by atoms with Crippen molar-refractivity contribution in [3.63, 3.8) is 0 Å². The summed E-state index contributed by atoms with van der Waals surface area (Å²) in [5.41, 5.74) is 3.79. The van der Waals surface area contributed by atoms with Gasteiger partial charge in [-0.15, -0.1) is 0 Å². The molecule has 3 rings (SSSR count). The van der Waals surface area contributed by atoms with Crippen LogP contribution >= 0.6 is 0 Å². The molecule has 1 aromatic heterocycles. The van der Waals surface area contributed by atoms with Crippen LogP contribution in [0.15, 0.2) is 54.7 Å². The summed E-state index contributed by atoms with van der Waals surface area (Å²) in [5.74, 6) is 1.17. The second-order valence-electron chi connectivity index (χ2n) is 7.22. The molecule has 0 bridgehead atoms. The van der Waals surface area contributed by atoms with Gasteiger partial charge in [0.1, 0.15) is 5.75 Å². The van der Waals surface area contributed by atoms with Crippen molar-refractivity contribution < 1.29 is 14.3 Å². The molecule has 146 valence electrons. The Bertz CT molecular complexity index is 935. The van der Waals surface area contributed by atoms with E-state index in [1.165, 1.54) is 0 Å². The van der Waals surface area contributed by atoms with E-state index in [1.54, 1.807) is 6.20 Å². The van der Waals surface area contributed by atoms with E-state index >= 15 is 0 Å². The minimum absolute atomic E-state index is 0.194. The maximum atomic E-state index is 12.1. The Hall–Kier alpha value is -2.88. The minimum Gasteiger partial charge on any atom is -0.494 e. The topological polar surface area (TPSA) is 48.4 Å². The summed E-state index contributed by atoms with van der Waals surface area (Å²) in [6.45, 7) is 7.23. The van der Waals surface area contributed by atoms with Crippen LogP contribution in [0.1, 0.15) is 32.8 Å². The highest BCUT2D eigenvalue weighted by molar-refractivity contribution is 5.98. The van der Waals surface area contributed by atoms with E-state index in [1.807, 2.05) is 43.3 Å². The van der Waals surface area contributed by atoms with Gasteiger partial charge in [-0.3, -0.25) is 9.78 Å². The van der Waals surface area contributed by atoms with Crippen molar-refractivity contribution in [3.8, 4) is 16.9 Å². The predicted molar refractivity (Wildman–Crippen MR) is 112 cm³/mol. The largest absolute Gasteiger partial charge is 0.494 e. The molecule has 0 radical (unpaired) electrons. The highest BCUT2D eigenvalue weighted by Gasteiger charge is 2.15. The average molecular weight is 377 g/mol. The highest BCUT2D eigenvalue weighted by atomic mass is 16.5. The number of carbonyl (C=O) groups is 1. The molecule has 0 unspecified atom stereocenters. The predicted octanol–water partition coefficient (Wildman–Crippen LogP) is 5.43. The van der Waals surface area contributed by atoms with E-state index in [9.17, 15) is 4.79 Å². The van der Waals surface area contributed by atoms with Crippen LogP contribution in [-0.4, -0.2) is 24.2 Å². The Balaban J connectivity index is 2.05. The lowest BCUT2D eigenvalue weighted by Crippen LogP contribution is -2.09. The molecule has 4 nitrogen and oxygen atoms in total. The van der Waals surface area contributed by atoms with Crippen LogP contribution in [0.4, 0.5) is 0 Å². The van der Waals surface area contributed by atoms with Gasteiger partial charge in [-0.05, 0) is 54.2 Å². The number of benzene rings is 2. The maximum Gasteiger partial charge on any atom is 0.310 e. The van der Waals surface area contributed by atoms with Crippen molar-refractivity contribution in [2.45, 2.75) is 33.6 Å². The third kappa shape index (κ3) is 4.89. The first-order valence-electron chi connectivity index (χ1n) is 9.84. The number of hydrogen-bond donors (Lipinski definition) is 0. The molecule has 0 saturated carbocycles. The van der Waals surface area contributed by atoms with Crippen molar-refractivity contribution >= 4 is 16.9 Å². The SMILES string of the molecule is CCOC(=O)Cc1cnc2ccc(OCCC(C)C)cc2c1-c1ccccc1. The van der Waals surface area contributed by atoms with Gasteiger partial charge in [0.15, 0.2) is 0 Å². The third-order valence-corrected chi connectivity index (χ3v) is 4.58. The molecule has 2 aromatic carbocycles. The van der Waals surface area contributed by atoms with Crippen LogP contribution in [0.2, 0.25) is 0 Å². The van der Waals surface area contributed by atoms with Gasteiger partial charge in [-0.1, -0.05) is 44.2 Å². The molecule has 4 heteroatoms. The molecule has 0 aliphatic carbocycles. The van der Waals surface area contributed by atoms with Crippen molar-refractivity contribution in [3.05, 3.63) is 60.3 Å².